The number of aromatic nitrogens is 1. The van der Waals surface area contributed by atoms with Crippen molar-refractivity contribution in [1.29, 1.82) is 0 Å². The number of rotatable bonds is 6. The van der Waals surface area contributed by atoms with Crippen molar-refractivity contribution in [3.8, 4) is 5.75 Å². The first kappa shape index (κ1) is 20.6. The summed E-state index contributed by atoms with van der Waals surface area (Å²) in [5, 5.41) is 4.73. The third-order valence-corrected chi connectivity index (χ3v) is 5.92. The number of ether oxygens (including phenoxy) is 1. The number of anilines is 2. The number of hydrogen-bond acceptors (Lipinski definition) is 4. The zero-order chi connectivity index (χ0) is 21.1. The molecule has 0 unspecified atom stereocenters. The van der Waals surface area contributed by atoms with Crippen LogP contribution < -0.4 is 15.0 Å². The van der Waals surface area contributed by atoms with Crippen molar-refractivity contribution < 1.29 is 9.53 Å². The average Bonchev–Trinajstić information content (AvgIpc) is 3.15. The SMILES string of the molecule is CCN1CCN(c2ccc(Cl)cc2NC(=O)Cn2ccc3cc(OC)ccc32)CC1. The normalized spacial score (nSPS) is 14.8. The molecule has 158 valence electrons. The number of halogens is 1. The molecule has 1 amide bonds. The van der Waals surface area contributed by atoms with Crippen LogP contribution in [0.15, 0.2) is 48.7 Å². The molecule has 0 radical (unpaired) electrons. The Morgan fingerprint density at radius 1 is 1.10 bits per heavy atom. The highest BCUT2D eigenvalue weighted by Gasteiger charge is 2.19. The molecule has 0 spiro atoms. The zero-order valence-corrected chi connectivity index (χ0v) is 18.2. The maximum atomic E-state index is 12.9. The van der Waals surface area contributed by atoms with Gasteiger partial charge in [-0.1, -0.05) is 18.5 Å². The molecule has 30 heavy (non-hydrogen) atoms. The molecule has 0 aliphatic carbocycles. The van der Waals surface area contributed by atoms with Crippen molar-refractivity contribution >= 4 is 39.8 Å². The van der Waals surface area contributed by atoms with E-state index in [4.69, 9.17) is 16.3 Å². The lowest BCUT2D eigenvalue weighted by Gasteiger charge is -2.36. The Bertz CT molecular complexity index is 1040. The molecular weight excluding hydrogens is 400 g/mol. The predicted octanol–water partition coefficient (Wildman–Crippen LogP) is 4.08. The molecule has 0 saturated carbocycles. The Morgan fingerprint density at radius 2 is 1.90 bits per heavy atom. The molecule has 3 aromatic rings. The van der Waals surface area contributed by atoms with E-state index in [2.05, 4.69) is 22.0 Å². The predicted molar refractivity (Wildman–Crippen MR) is 123 cm³/mol. The monoisotopic (exact) mass is 426 g/mol. The van der Waals surface area contributed by atoms with Crippen LogP contribution in [0, 0.1) is 0 Å². The molecular formula is C23H27ClN4O2. The molecule has 2 heterocycles. The lowest BCUT2D eigenvalue weighted by molar-refractivity contribution is -0.116. The summed E-state index contributed by atoms with van der Waals surface area (Å²) in [6.07, 6.45) is 1.92. The fourth-order valence-corrected chi connectivity index (χ4v) is 4.15. The highest BCUT2D eigenvalue weighted by atomic mass is 35.5. The van der Waals surface area contributed by atoms with Crippen molar-refractivity contribution in [2.24, 2.45) is 0 Å². The van der Waals surface area contributed by atoms with Gasteiger partial charge in [-0.05, 0) is 49.0 Å². The first-order valence-electron chi connectivity index (χ1n) is 10.3. The Morgan fingerprint density at radius 3 is 2.63 bits per heavy atom. The number of nitrogens with zero attached hydrogens (tertiary/aromatic N) is 3. The minimum Gasteiger partial charge on any atom is -0.497 e. The Hall–Kier alpha value is -2.70. The van der Waals surface area contributed by atoms with Gasteiger partial charge in [0.05, 0.1) is 18.5 Å². The van der Waals surface area contributed by atoms with Gasteiger partial charge >= 0.3 is 0 Å². The molecule has 0 atom stereocenters. The molecule has 6 nitrogen and oxygen atoms in total. The third kappa shape index (κ3) is 4.40. The topological polar surface area (TPSA) is 49.7 Å². The van der Waals surface area contributed by atoms with Gasteiger partial charge in [-0.2, -0.15) is 0 Å². The molecule has 2 aromatic carbocycles. The van der Waals surface area contributed by atoms with Crippen molar-refractivity contribution in [3.05, 3.63) is 53.7 Å². The van der Waals surface area contributed by atoms with Gasteiger partial charge in [0.1, 0.15) is 12.3 Å². The second-order valence-corrected chi connectivity index (χ2v) is 7.94. The molecule has 1 saturated heterocycles. The average molecular weight is 427 g/mol. The molecule has 1 aromatic heterocycles. The van der Waals surface area contributed by atoms with Crippen LogP contribution in [0.25, 0.3) is 10.9 Å². The van der Waals surface area contributed by atoms with Gasteiger partial charge in [-0.25, -0.2) is 0 Å². The van der Waals surface area contributed by atoms with Gasteiger partial charge in [0.25, 0.3) is 0 Å². The van der Waals surface area contributed by atoms with E-state index in [1.807, 2.05) is 53.2 Å². The Kier molecular flexibility index (Phi) is 6.16. The zero-order valence-electron chi connectivity index (χ0n) is 17.4. The molecule has 1 N–H and O–H groups in total. The minimum absolute atomic E-state index is 0.0842. The number of carbonyl (C=O) groups is 1. The molecule has 1 aliphatic heterocycles. The summed E-state index contributed by atoms with van der Waals surface area (Å²) in [6, 6.07) is 13.5. The first-order valence-corrected chi connectivity index (χ1v) is 10.6. The highest BCUT2D eigenvalue weighted by Crippen LogP contribution is 2.30. The first-order chi connectivity index (χ1) is 14.6. The fourth-order valence-electron chi connectivity index (χ4n) is 3.98. The van der Waals surface area contributed by atoms with Crippen LogP contribution in [0.5, 0.6) is 5.75 Å². The molecule has 7 heteroatoms. The number of carbonyl (C=O) groups excluding carboxylic acids is 1. The van der Waals surface area contributed by atoms with Crippen LogP contribution in [-0.4, -0.2) is 55.2 Å². The van der Waals surface area contributed by atoms with Crippen LogP contribution in [0.2, 0.25) is 5.02 Å². The number of nitrogens with one attached hydrogen (secondary N) is 1. The molecule has 1 aliphatic rings. The van der Waals surface area contributed by atoms with E-state index >= 15 is 0 Å². The quantitative estimate of drug-likeness (QED) is 0.645. The lowest BCUT2D eigenvalue weighted by atomic mass is 10.2. The van der Waals surface area contributed by atoms with Gasteiger partial charge in [-0.3, -0.25) is 4.79 Å². The second-order valence-electron chi connectivity index (χ2n) is 7.50. The Balaban J connectivity index is 1.50. The van der Waals surface area contributed by atoms with Crippen LogP contribution in [0.3, 0.4) is 0 Å². The van der Waals surface area contributed by atoms with E-state index in [1.165, 1.54) is 0 Å². The maximum Gasteiger partial charge on any atom is 0.244 e. The molecule has 1 fully saturated rings. The van der Waals surface area contributed by atoms with Crippen LogP contribution in [0.4, 0.5) is 11.4 Å². The number of fused-ring (bicyclic) bond motifs is 1. The number of likely N-dealkylation sites (N-methyl/N-ethyl adjacent to an activating group) is 1. The summed E-state index contributed by atoms with van der Waals surface area (Å²) in [7, 11) is 1.65. The molecule has 4 rings (SSSR count). The maximum absolute atomic E-state index is 12.9. The number of amides is 1. The van der Waals surface area contributed by atoms with E-state index in [1.54, 1.807) is 7.11 Å². The van der Waals surface area contributed by atoms with Crippen molar-refractivity contribution in [1.82, 2.24) is 9.47 Å². The van der Waals surface area contributed by atoms with Crippen molar-refractivity contribution in [2.75, 3.05) is 50.1 Å². The fraction of sp³-hybridized carbons (Fsp3) is 0.348. The minimum atomic E-state index is -0.0842. The third-order valence-electron chi connectivity index (χ3n) is 5.68. The number of benzene rings is 2. The van der Waals surface area contributed by atoms with Crippen LogP contribution >= 0.6 is 11.6 Å². The van der Waals surface area contributed by atoms with E-state index < -0.39 is 0 Å². The smallest absolute Gasteiger partial charge is 0.244 e. The summed E-state index contributed by atoms with van der Waals surface area (Å²) >= 11 is 6.24. The van der Waals surface area contributed by atoms with E-state index in [9.17, 15) is 4.79 Å². The summed E-state index contributed by atoms with van der Waals surface area (Å²) in [6.45, 7) is 7.38. The van der Waals surface area contributed by atoms with Crippen molar-refractivity contribution in [2.45, 2.75) is 13.5 Å². The van der Waals surface area contributed by atoms with E-state index in [-0.39, 0.29) is 12.5 Å². The van der Waals surface area contributed by atoms with Gasteiger partial charge < -0.3 is 24.4 Å². The molecule has 0 bridgehead atoms. The number of hydrogen-bond donors (Lipinski definition) is 1. The summed E-state index contributed by atoms with van der Waals surface area (Å²) in [4.78, 5) is 17.6. The highest BCUT2D eigenvalue weighted by molar-refractivity contribution is 6.31. The number of methoxy groups -OCH3 is 1. The van der Waals surface area contributed by atoms with Gasteiger partial charge in [0.2, 0.25) is 5.91 Å². The van der Waals surface area contributed by atoms with Gasteiger partial charge in [-0.15, -0.1) is 0 Å². The standard InChI is InChI=1S/C23H27ClN4O2/c1-3-26-10-12-27(13-11-26)22-6-4-18(24)15-20(22)25-23(29)16-28-9-8-17-14-19(30-2)5-7-21(17)28/h4-9,14-15H,3,10-13,16H2,1-2H3,(H,25,29). The number of piperazine rings is 1. The van der Waals surface area contributed by atoms with E-state index in [0.717, 1.165) is 60.8 Å². The van der Waals surface area contributed by atoms with Gasteiger partial charge in [0.15, 0.2) is 0 Å². The summed E-state index contributed by atoms with van der Waals surface area (Å²) in [5.41, 5.74) is 2.77. The van der Waals surface area contributed by atoms with Crippen molar-refractivity contribution in [3.63, 3.8) is 0 Å². The summed E-state index contributed by atoms with van der Waals surface area (Å²) in [5.74, 6) is 0.718. The Labute approximate surface area is 182 Å². The lowest BCUT2D eigenvalue weighted by Crippen LogP contribution is -2.46. The van der Waals surface area contributed by atoms with Crippen LogP contribution in [0.1, 0.15) is 6.92 Å². The second kappa shape index (κ2) is 8.98. The van der Waals surface area contributed by atoms with Crippen LogP contribution in [-0.2, 0) is 11.3 Å². The summed E-state index contributed by atoms with van der Waals surface area (Å²) < 4.78 is 7.22. The largest absolute Gasteiger partial charge is 0.497 e. The van der Waals surface area contributed by atoms with E-state index in [0.29, 0.717) is 5.02 Å². The van der Waals surface area contributed by atoms with Gasteiger partial charge in [0, 0.05) is 48.3 Å².